The molecule has 22 heavy (non-hydrogen) atoms. The highest BCUT2D eigenvalue weighted by Crippen LogP contribution is 2.29. The second-order valence-corrected chi connectivity index (χ2v) is 5.03. The Morgan fingerprint density at radius 2 is 1.91 bits per heavy atom. The SMILES string of the molecule is CN(C)CCN(C)CCOC(=O)c1cncnc1C(F)(F)F. The van der Waals surface area contributed by atoms with Crippen molar-refractivity contribution in [1.82, 2.24) is 19.8 Å². The van der Waals surface area contributed by atoms with Crippen molar-refractivity contribution in [3.05, 3.63) is 23.8 Å². The fourth-order valence-corrected chi connectivity index (χ4v) is 1.56. The van der Waals surface area contributed by atoms with Crippen LogP contribution < -0.4 is 0 Å². The normalized spacial score (nSPS) is 12.0. The third-order valence-electron chi connectivity index (χ3n) is 2.84. The highest BCUT2D eigenvalue weighted by molar-refractivity contribution is 5.90. The average molecular weight is 320 g/mol. The van der Waals surface area contributed by atoms with Gasteiger partial charge in [-0.1, -0.05) is 0 Å². The molecule has 0 N–H and O–H groups in total. The second kappa shape index (κ2) is 8.04. The Morgan fingerprint density at radius 1 is 1.23 bits per heavy atom. The van der Waals surface area contributed by atoms with Gasteiger partial charge in [0, 0.05) is 25.8 Å². The molecule has 9 heteroatoms. The molecule has 0 saturated heterocycles. The Labute approximate surface area is 126 Å². The zero-order valence-corrected chi connectivity index (χ0v) is 12.7. The highest BCUT2D eigenvalue weighted by atomic mass is 19.4. The van der Waals surface area contributed by atoms with E-state index in [2.05, 4.69) is 9.97 Å². The van der Waals surface area contributed by atoms with Gasteiger partial charge < -0.3 is 14.5 Å². The van der Waals surface area contributed by atoms with Crippen molar-refractivity contribution in [3.63, 3.8) is 0 Å². The molecule has 0 aliphatic rings. The van der Waals surface area contributed by atoms with E-state index in [0.29, 0.717) is 6.54 Å². The highest BCUT2D eigenvalue weighted by Gasteiger charge is 2.37. The molecule has 0 atom stereocenters. The summed E-state index contributed by atoms with van der Waals surface area (Å²) >= 11 is 0. The van der Waals surface area contributed by atoms with Gasteiger partial charge in [0.1, 0.15) is 18.5 Å². The van der Waals surface area contributed by atoms with Crippen molar-refractivity contribution in [2.75, 3.05) is 47.4 Å². The zero-order chi connectivity index (χ0) is 16.8. The van der Waals surface area contributed by atoms with Gasteiger partial charge in [-0.05, 0) is 21.1 Å². The van der Waals surface area contributed by atoms with E-state index in [4.69, 9.17) is 4.74 Å². The molecule has 1 aromatic heterocycles. The van der Waals surface area contributed by atoms with Crippen LogP contribution in [0.3, 0.4) is 0 Å². The molecule has 0 unspecified atom stereocenters. The molecule has 0 aliphatic heterocycles. The molecular weight excluding hydrogens is 301 g/mol. The molecule has 1 rings (SSSR count). The van der Waals surface area contributed by atoms with Crippen LogP contribution in [0.25, 0.3) is 0 Å². The third-order valence-corrected chi connectivity index (χ3v) is 2.84. The quantitative estimate of drug-likeness (QED) is 0.703. The van der Waals surface area contributed by atoms with Crippen LogP contribution in [0, 0.1) is 0 Å². The topological polar surface area (TPSA) is 58.6 Å². The number of likely N-dealkylation sites (N-methyl/N-ethyl adjacent to an activating group) is 2. The first-order valence-corrected chi connectivity index (χ1v) is 6.59. The van der Waals surface area contributed by atoms with E-state index in [-0.39, 0.29) is 6.61 Å². The van der Waals surface area contributed by atoms with Crippen LogP contribution in [0.2, 0.25) is 0 Å². The number of rotatable bonds is 7. The summed E-state index contributed by atoms with van der Waals surface area (Å²) in [5, 5.41) is 0. The summed E-state index contributed by atoms with van der Waals surface area (Å²) in [4.78, 5) is 22.2. The van der Waals surface area contributed by atoms with Crippen molar-refractivity contribution in [3.8, 4) is 0 Å². The predicted octanol–water partition coefficient (Wildman–Crippen LogP) is 1.15. The third kappa shape index (κ3) is 5.94. The Kier molecular flexibility index (Phi) is 6.69. The first-order chi connectivity index (χ1) is 10.2. The number of carbonyl (C=O) groups excluding carboxylic acids is 1. The van der Waals surface area contributed by atoms with E-state index in [1.54, 1.807) is 0 Å². The van der Waals surface area contributed by atoms with E-state index in [1.165, 1.54) is 0 Å². The lowest BCUT2D eigenvalue weighted by Gasteiger charge is -2.19. The minimum Gasteiger partial charge on any atom is -0.461 e. The van der Waals surface area contributed by atoms with Crippen molar-refractivity contribution < 1.29 is 22.7 Å². The Bertz CT molecular complexity index is 494. The molecule has 1 heterocycles. The molecule has 6 nitrogen and oxygen atoms in total. The zero-order valence-electron chi connectivity index (χ0n) is 12.7. The number of ether oxygens (including phenoxy) is 1. The molecule has 0 aliphatic carbocycles. The maximum atomic E-state index is 12.7. The molecule has 0 fully saturated rings. The number of aromatic nitrogens is 2. The first-order valence-electron chi connectivity index (χ1n) is 6.59. The summed E-state index contributed by atoms with van der Waals surface area (Å²) in [6.07, 6.45) is -3.16. The number of hydrogen-bond acceptors (Lipinski definition) is 6. The number of carbonyl (C=O) groups is 1. The summed E-state index contributed by atoms with van der Waals surface area (Å²) in [5.41, 5.74) is -1.96. The van der Waals surface area contributed by atoms with E-state index in [0.717, 1.165) is 25.6 Å². The second-order valence-electron chi connectivity index (χ2n) is 5.03. The smallest absolute Gasteiger partial charge is 0.434 e. The van der Waals surface area contributed by atoms with Crippen molar-refractivity contribution >= 4 is 5.97 Å². The average Bonchev–Trinajstić information content (AvgIpc) is 2.44. The molecule has 0 saturated carbocycles. The fraction of sp³-hybridized carbons (Fsp3) is 0.615. The first kappa shape index (κ1) is 18.3. The van der Waals surface area contributed by atoms with Gasteiger partial charge in [-0.2, -0.15) is 13.2 Å². The lowest BCUT2D eigenvalue weighted by Crippen LogP contribution is -2.31. The van der Waals surface area contributed by atoms with Gasteiger partial charge >= 0.3 is 12.1 Å². The van der Waals surface area contributed by atoms with Crippen molar-refractivity contribution in [1.29, 1.82) is 0 Å². The van der Waals surface area contributed by atoms with Gasteiger partial charge in [-0.3, -0.25) is 0 Å². The molecule has 0 amide bonds. The molecule has 0 bridgehead atoms. The lowest BCUT2D eigenvalue weighted by atomic mass is 10.2. The summed E-state index contributed by atoms with van der Waals surface area (Å²) in [7, 11) is 5.70. The summed E-state index contributed by atoms with van der Waals surface area (Å²) in [6, 6.07) is 0. The molecule has 0 spiro atoms. The Balaban J connectivity index is 2.53. The van der Waals surface area contributed by atoms with Crippen LogP contribution in [0.15, 0.2) is 12.5 Å². The van der Waals surface area contributed by atoms with Crippen LogP contribution >= 0.6 is 0 Å². The van der Waals surface area contributed by atoms with Crippen molar-refractivity contribution in [2.24, 2.45) is 0 Å². The largest absolute Gasteiger partial charge is 0.461 e. The van der Waals surface area contributed by atoms with Crippen LogP contribution in [-0.2, 0) is 10.9 Å². The van der Waals surface area contributed by atoms with Crippen LogP contribution in [0.4, 0.5) is 13.2 Å². The van der Waals surface area contributed by atoms with Gasteiger partial charge in [0.15, 0.2) is 5.69 Å². The monoisotopic (exact) mass is 320 g/mol. The standard InChI is InChI=1S/C13H19F3N4O2/c1-19(2)4-5-20(3)6-7-22-12(21)10-8-17-9-18-11(10)13(14,15)16/h8-9H,4-7H2,1-3H3. The van der Waals surface area contributed by atoms with Crippen LogP contribution in [0.1, 0.15) is 16.1 Å². The van der Waals surface area contributed by atoms with Gasteiger partial charge in [-0.25, -0.2) is 14.8 Å². The number of alkyl halides is 3. The number of esters is 1. The maximum Gasteiger partial charge on any atom is 0.434 e. The van der Waals surface area contributed by atoms with Gasteiger partial charge in [0.05, 0.1) is 0 Å². The molecular formula is C13H19F3N4O2. The van der Waals surface area contributed by atoms with Gasteiger partial charge in [0.2, 0.25) is 0 Å². The Morgan fingerprint density at radius 3 is 2.50 bits per heavy atom. The van der Waals surface area contributed by atoms with E-state index in [9.17, 15) is 18.0 Å². The summed E-state index contributed by atoms with van der Waals surface area (Å²) in [6.45, 7) is 2.01. The Hall–Kier alpha value is -1.74. The number of halogens is 3. The maximum absolute atomic E-state index is 12.7. The number of hydrogen-bond donors (Lipinski definition) is 0. The van der Waals surface area contributed by atoms with E-state index < -0.39 is 23.4 Å². The summed E-state index contributed by atoms with van der Waals surface area (Å²) in [5.74, 6) is -1.08. The van der Waals surface area contributed by atoms with Crippen LogP contribution in [0.5, 0.6) is 0 Å². The minimum atomic E-state index is -4.72. The lowest BCUT2D eigenvalue weighted by molar-refractivity contribution is -0.141. The van der Waals surface area contributed by atoms with Crippen molar-refractivity contribution in [2.45, 2.75) is 6.18 Å². The van der Waals surface area contributed by atoms with Gasteiger partial charge in [-0.15, -0.1) is 0 Å². The molecule has 0 aromatic carbocycles. The fourth-order valence-electron chi connectivity index (χ4n) is 1.56. The van der Waals surface area contributed by atoms with Gasteiger partial charge in [0.25, 0.3) is 0 Å². The minimum absolute atomic E-state index is 0.00501. The molecule has 1 aromatic rings. The summed E-state index contributed by atoms with van der Waals surface area (Å²) < 4.78 is 43.0. The van der Waals surface area contributed by atoms with Crippen LogP contribution in [-0.4, -0.2) is 73.1 Å². The molecule has 0 radical (unpaired) electrons. The van der Waals surface area contributed by atoms with E-state index in [1.807, 2.05) is 30.9 Å². The predicted molar refractivity (Wildman–Crippen MR) is 73.4 cm³/mol. The number of nitrogens with zero attached hydrogens (tertiary/aromatic N) is 4. The van der Waals surface area contributed by atoms with E-state index >= 15 is 0 Å². The molecule has 124 valence electrons.